The van der Waals surface area contributed by atoms with Gasteiger partial charge in [-0.15, -0.1) is 0 Å². The van der Waals surface area contributed by atoms with Gasteiger partial charge < -0.3 is 15.8 Å². The first-order valence-electron chi connectivity index (χ1n) is 7.00. The van der Waals surface area contributed by atoms with Gasteiger partial charge in [-0.3, -0.25) is 4.79 Å². The number of para-hydroxylation sites is 1. The molecule has 0 aliphatic rings. The summed E-state index contributed by atoms with van der Waals surface area (Å²) in [7, 11) is 0. The number of ether oxygens (including phenoxy) is 1. The van der Waals surface area contributed by atoms with Gasteiger partial charge in [-0.1, -0.05) is 26.0 Å². The molecule has 1 atom stereocenters. The number of rotatable bonds is 8. The van der Waals surface area contributed by atoms with E-state index in [1.807, 2.05) is 25.1 Å². The van der Waals surface area contributed by atoms with Crippen molar-refractivity contribution in [3.05, 3.63) is 28.2 Å². The van der Waals surface area contributed by atoms with Gasteiger partial charge in [-0.05, 0) is 46.8 Å². The predicted molar refractivity (Wildman–Crippen MR) is 84.9 cm³/mol. The highest BCUT2D eigenvalue weighted by atomic mass is 79.9. The lowest BCUT2D eigenvalue weighted by Gasteiger charge is -2.15. The first-order chi connectivity index (χ1) is 9.58. The quantitative estimate of drug-likeness (QED) is 0.763. The summed E-state index contributed by atoms with van der Waals surface area (Å²) in [5, 5.41) is 2.79. The lowest BCUT2D eigenvalue weighted by molar-refractivity contribution is -0.123. The van der Waals surface area contributed by atoms with E-state index >= 15 is 0 Å². The smallest absolute Gasteiger partial charge is 0.257 e. The molecule has 1 aromatic carbocycles. The maximum atomic E-state index is 11.6. The topological polar surface area (TPSA) is 64.3 Å². The Kier molecular flexibility index (Phi) is 7.62. The zero-order valence-corrected chi connectivity index (χ0v) is 13.7. The van der Waals surface area contributed by atoms with Crippen molar-refractivity contribution in [3.8, 4) is 5.75 Å². The molecule has 0 aliphatic heterocycles. The number of nitrogens with two attached hydrogens (primary N) is 1. The highest BCUT2D eigenvalue weighted by molar-refractivity contribution is 9.10. The van der Waals surface area contributed by atoms with Crippen LogP contribution in [0.2, 0.25) is 0 Å². The monoisotopic (exact) mass is 342 g/mol. The van der Waals surface area contributed by atoms with Crippen molar-refractivity contribution in [2.45, 2.75) is 39.2 Å². The number of halogens is 1. The zero-order valence-electron chi connectivity index (χ0n) is 12.1. The molecule has 3 N–H and O–H groups in total. The van der Waals surface area contributed by atoms with Crippen molar-refractivity contribution in [2.24, 2.45) is 5.73 Å². The van der Waals surface area contributed by atoms with E-state index in [2.05, 4.69) is 28.2 Å². The van der Waals surface area contributed by atoms with Gasteiger partial charge in [0.25, 0.3) is 5.91 Å². The van der Waals surface area contributed by atoms with Crippen LogP contribution in [-0.2, 0) is 11.2 Å². The molecule has 0 saturated carbocycles. The normalized spacial score (nSPS) is 12.0. The van der Waals surface area contributed by atoms with Crippen molar-refractivity contribution >= 4 is 21.8 Å². The molecule has 0 saturated heterocycles. The Morgan fingerprint density at radius 2 is 2.20 bits per heavy atom. The maximum Gasteiger partial charge on any atom is 0.257 e. The Balaban J connectivity index is 2.70. The van der Waals surface area contributed by atoms with Crippen LogP contribution in [0.1, 0.15) is 32.3 Å². The Morgan fingerprint density at radius 3 is 2.85 bits per heavy atom. The van der Waals surface area contributed by atoms with Gasteiger partial charge in [-0.25, -0.2) is 0 Å². The second kappa shape index (κ2) is 8.97. The molecule has 0 bridgehead atoms. The van der Waals surface area contributed by atoms with Crippen LogP contribution in [0.5, 0.6) is 5.75 Å². The van der Waals surface area contributed by atoms with E-state index in [1.165, 1.54) is 0 Å². The van der Waals surface area contributed by atoms with Crippen LogP contribution in [0.15, 0.2) is 22.7 Å². The second-order valence-electron chi connectivity index (χ2n) is 4.74. The standard InChI is InChI=1S/C15H23BrN2O2/c1-3-8-18-14(19)10-20-15-11(9-12(17)4-2)6-5-7-13(15)16/h5-7,12H,3-4,8-10,17H2,1-2H3,(H,18,19). The fourth-order valence-electron chi connectivity index (χ4n) is 1.76. The molecule has 0 aromatic heterocycles. The molecule has 0 heterocycles. The third-order valence-electron chi connectivity index (χ3n) is 2.97. The fraction of sp³-hybridized carbons (Fsp3) is 0.533. The molecule has 1 aromatic rings. The molecular weight excluding hydrogens is 320 g/mol. The Bertz CT molecular complexity index is 438. The molecule has 0 aliphatic carbocycles. The zero-order chi connectivity index (χ0) is 15.0. The summed E-state index contributed by atoms with van der Waals surface area (Å²) in [6.07, 6.45) is 2.56. The molecule has 1 rings (SSSR count). The third-order valence-corrected chi connectivity index (χ3v) is 3.60. The first kappa shape index (κ1) is 17.0. The van der Waals surface area contributed by atoms with Crippen LogP contribution in [-0.4, -0.2) is 25.1 Å². The number of amides is 1. The number of benzene rings is 1. The Hall–Kier alpha value is -1.07. The lowest BCUT2D eigenvalue weighted by atomic mass is 10.0. The molecule has 0 fully saturated rings. The highest BCUT2D eigenvalue weighted by Crippen LogP contribution is 2.30. The first-order valence-corrected chi connectivity index (χ1v) is 7.80. The maximum absolute atomic E-state index is 11.6. The van der Waals surface area contributed by atoms with Gasteiger partial charge in [0.2, 0.25) is 0 Å². The average Bonchev–Trinajstić information content (AvgIpc) is 2.44. The van der Waals surface area contributed by atoms with Gasteiger partial charge in [-0.2, -0.15) is 0 Å². The van der Waals surface area contributed by atoms with Gasteiger partial charge in [0, 0.05) is 12.6 Å². The second-order valence-corrected chi connectivity index (χ2v) is 5.59. The molecule has 0 radical (unpaired) electrons. The van der Waals surface area contributed by atoms with Crippen molar-refractivity contribution in [2.75, 3.05) is 13.2 Å². The minimum Gasteiger partial charge on any atom is -0.482 e. The predicted octanol–water partition coefficient (Wildman–Crippen LogP) is 2.63. The summed E-state index contributed by atoms with van der Waals surface area (Å²) in [5.41, 5.74) is 7.02. The van der Waals surface area contributed by atoms with Crippen molar-refractivity contribution < 1.29 is 9.53 Å². The van der Waals surface area contributed by atoms with Crippen LogP contribution >= 0.6 is 15.9 Å². The molecule has 112 valence electrons. The summed E-state index contributed by atoms with van der Waals surface area (Å²) in [6, 6.07) is 5.94. The van der Waals surface area contributed by atoms with Gasteiger partial charge in [0.1, 0.15) is 5.75 Å². The summed E-state index contributed by atoms with van der Waals surface area (Å²) >= 11 is 3.46. The molecule has 5 heteroatoms. The minimum absolute atomic E-state index is 0.0248. The largest absolute Gasteiger partial charge is 0.482 e. The molecule has 1 unspecified atom stereocenters. The van der Waals surface area contributed by atoms with Gasteiger partial charge >= 0.3 is 0 Å². The molecule has 4 nitrogen and oxygen atoms in total. The molecular formula is C15H23BrN2O2. The van der Waals surface area contributed by atoms with E-state index < -0.39 is 0 Å². The number of nitrogens with one attached hydrogen (secondary N) is 1. The van der Waals surface area contributed by atoms with Crippen LogP contribution in [0.4, 0.5) is 0 Å². The third kappa shape index (κ3) is 5.51. The summed E-state index contributed by atoms with van der Waals surface area (Å²) in [5.74, 6) is 0.608. The molecule has 20 heavy (non-hydrogen) atoms. The molecule has 0 spiro atoms. The summed E-state index contributed by atoms with van der Waals surface area (Å²) in [4.78, 5) is 11.6. The SMILES string of the molecule is CCCNC(=O)COc1c(Br)cccc1CC(N)CC. The van der Waals surface area contributed by atoms with Crippen LogP contribution in [0, 0.1) is 0 Å². The minimum atomic E-state index is -0.103. The Labute approximate surface area is 129 Å². The van der Waals surface area contributed by atoms with E-state index in [1.54, 1.807) is 0 Å². The van der Waals surface area contributed by atoms with Crippen LogP contribution in [0.25, 0.3) is 0 Å². The van der Waals surface area contributed by atoms with E-state index in [9.17, 15) is 4.79 Å². The lowest BCUT2D eigenvalue weighted by Crippen LogP contribution is -2.29. The van der Waals surface area contributed by atoms with E-state index in [-0.39, 0.29) is 18.6 Å². The van der Waals surface area contributed by atoms with Crippen molar-refractivity contribution in [1.29, 1.82) is 0 Å². The fourth-order valence-corrected chi connectivity index (χ4v) is 2.28. The van der Waals surface area contributed by atoms with Crippen LogP contribution in [0.3, 0.4) is 0 Å². The van der Waals surface area contributed by atoms with Crippen molar-refractivity contribution in [3.63, 3.8) is 0 Å². The summed E-state index contributed by atoms with van der Waals surface area (Å²) < 4.78 is 6.51. The highest BCUT2D eigenvalue weighted by Gasteiger charge is 2.12. The van der Waals surface area contributed by atoms with Gasteiger partial charge in [0.15, 0.2) is 6.61 Å². The van der Waals surface area contributed by atoms with Crippen molar-refractivity contribution in [1.82, 2.24) is 5.32 Å². The number of hydrogen-bond donors (Lipinski definition) is 2. The van der Waals surface area contributed by atoms with E-state index in [0.29, 0.717) is 12.3 Å². The van der Waals surface area contributed by atoms with Gasteiger partial charge in [0.05, 0.1) is 4.47 Å². The number of carbonyl (C=O) groups excluding carboxylic acids is 1. The summed E-state index contributed by atoms with van der Waals surface area (Å²) in [6.45, 7) is 4.77. The average molecular weight is 343 g/mol. The Morgan fingerprint density at radius 1 is 1.45 bits per heavy atom. The van der Waals surface area contributed by atoms with Crippen LogP contribution < -0.4 is 15.8 Å². The van der Waals surface area contributed by atoms with E-state index in [0.717, 1.165) is 29.3 Å². The number of hydrogen-bond acceptors (Lipinski definition) is 3. The van der Waals surface area contributed by atoms with E-state index in [4.69, 9.17) is 10.5 Å². The molecule has 1 amide bonds. The number of carbonyl (C=O) groups is 1.